The lowest BCUT2D eigenvalue weighted by molar-refractivity contribution is -0.135. The number of carbonyl (C=O) groups is 2. The lowest BCUT2D eigenvalue weighted by Gasteiger charge is -2.34. The lowest BCUT2D eigenvalue weighted by Crippen LogP contribution is -2.42. The molecule has 1 heterocycles. The molecule has 0 aromatic rings. The zero-order valence-electron chi connectivity index (χ0n) is 12.4. The molecule has 0 radical (unpaired) electrons. The molecule has 5 nitrogen and oxygen atoms in total. The molecule has 1 amide bonds. The van der Waals surface area contributed by atoms with E-state index in [1.807, 2.05) is 27.7 Å². The SMILES string of the molecule is COC(=O)/C=C1\CN(C(=O)OC(C)(C)C)CCC1C. The molecular formula is C14H23NO4. The van der Waals surface area contributed by atoms with Gasteiger partial charge in [-0.3, -0.25) is 0 Å². The Balaban J connectivity index is 2.72. The number of methoxy groups -OCH3 is 1. The molecule has 1 fully saturated rings. The van der Waals surface area contributed by atoms with Gasteiger partial charge in [-0.1, -0.05) is 6.92 Å². The van der Waals surface area contributed by atoms with E-state index in [2.05, 4.69) is 4.74 Å². The summed E-state index contributed by atoms with van der Waals surface area (Å²) in [6, 6.07) is 0. The number of likely N-dealkylation sites (tertiary alicyclic amines) is 1. The maximum absolute atomic E-state index is 12.0. The summed E-state index contributed by atoms with van der Waals surface area (Å²) in [6.45, 7) is 8.62. The van der Waals surface area contributed by atoms with Gasteiger partial charge in [0.15, 0.2) is 0 Å². The normalized spacial score (nSPS) is 22.3. The van der Waals surface area contributed by atoms with E-state index in [4.69, 9.17) is 4.74 Å². The van der Waals surface area contributed by atoms with Gasteiger partial charge in [-0.2, -0.15) is 0 Å². The molecular weight excluding hydrogens is 246 g/mol. The number of carbonyl (C=O) groups excluding carboxylic acids is 2. The van der Waals surface area contributed by atoms with Gasteiger partial charge in [-0.05, 0) is 38.7 Å². The highest BCUT2D eigenvalue weighted by molar-refractivity contribution is 5.83. The number of piperidine rings is 1. The van der Waals surface area contributed by atoms with Crippen molar-refractivity contribution >= 4 is 12.1 Å². The van der Waals surface area contributed by atoms with E-state index in [1.54, 1.807) is 4.90 Å². The molecule has 1 atom stereocenters. The van der Waals surface area contributed by atoms with Crippen molar-refractivity contribution in [1.82, 2.24) is 4.90 Å². The Morgan fingerprint density at radius 3 is 2.53 bits per heavy atom. The quantitative estimate of drug-likeness (QED) is 0.541. The van der Waals surface area contributed by atoms with Crippen molar-refractivity contribution in [2.75, 3.05) is 20.2 Å². The van der Waals surface area contributed by atoms with E-state index in [-0.39, 0.29) is 18.0 Å². The first kappa shape index (κ1) is 15.5. The van der Waals surface area contributed by atoms with Crippen LogP contribution in [0.4, 0.5) is 4.79 Å². The van der Waals surface area contributed by atoms with Gasteiger partial charge in [-0.25, -0.2) is 9.59 Å². The number of nitrogens with zero attached hydrogens (tertiary/aromatic N) is 1. The van der Waals surface area contributed by atoms with Crippen LogP contribution in [0.2, 0.25) is 0 Å². The highest BCUT2D eigenvalue weighted by Gasteiger charge is 2.28. The number of hydrogen-bond donors (Lipinski definition) is 0. The fourth-order valence-electron chi connectivity index (χ4n) is 1.87. The molecule has 0 N–H and O–H groups in total. The lowest BCUT2D eigenvalue weighted by atomic mass is 9.93. The fraction of sp³-hybridized carbons (Fsp3) is 0.714. The fourth-order valence-corrected chi connectivity index (χ4v) is 1.87. The van der Waals surface area contributed by atoms with Gasteiger partial charge in [0.2, 0.25) is 0 Å². The monoisotopic (exact) mass is 269 g/mol. The third kappa shape index (κ3) is 4.93. The van der Waals surface area contributed by atoms with Crippen LogP contribution in [0.15, 0.2) is 11.6 Å². The first-order valence-corrected chi connectivity index (χ1v) is 6.49. The molecule has 1 unspecified atom stereocenters. The van der Waals surface area contributed by atoms with Gasteiger partial charge in [0, 0.05) is 19.2 Å². The second-order valence-electron chi connectivity index (χ2n) is 5.83. The maximum Gasteiger partial charge on any atom is 0.410 e. The van der Waals surface area contributed by atoms with Crippen LogP contribution in [0.1, 0.15) is 34.1 Å². The standard InChI is InChI=1S/C14H23NO4/c1-10-6-7-15(13(17)19-14(2,3)4)9-11(10)8-12(16)18-5/h8,10H,6-7,9H2,1-5H3/b11-8+. The van der Waals surface area contributed by atoms with Gasteiger partial charge in [-0.15, -0.1) is 0 Å². The summed E-state index contributed by atoms with van der Waals surface area (Å²) in [5.41, 5.74) is 0.399. The Morgan fingerprint density at radius 1 is 1.37 bits per heavy atom. The van der Waals surface area contributed by atoms with Crippen LogP contribution in [-0.4, -0.2) is 42.8 Å². The van der Waals surface area contributed by atoms with Crippen molar-refractivity contribution in [2.45, 2.75) is 39.7 Å². The minimum atomic E-state index is -0.508. The van der Waals surface area contributed by atoms with Crippen molar-refractivity contribution in [1.29, 1.82) is 0 Å². The zero-order chi connectivity index (χ0) is 14.6. The second kappa shape index (κ2) is 6.08. The third-order valence-electron chi connectivity index (χ3n) is 2.99. The molecule has 0 bridgehead atoms. The molecule has 19 heavy (non-hydrogen) atoms. The van der Waals surface area contributed by atoms with Crippen LogP contribution < -0.4 is 0 Å². The van der Waals surface area contributed by atoms with E-state index >= 15 is 0 Å². The Kier molecular flexibility index (Phi) is 4.97. The van der Waals surface area contributed by atoms with Crippen molar-refractivity contribution < 1.29 is 19.1 Å². The van der Waals surface area contributed by atoms with Crippen molar-refractivity contribution in [2.24, 2.45) is 5.92 Å². The molecule has 0 aromatic heterocycles. The zero-order valence-corrected chi connectivity index (χ0v) is 12.4. The van der Waals surface area contributed by atoms with Gasteiger partial charge >= 0.3 is 12.1 Å². The van der Waals surface area contributed by atoms with E-state index < -0.39 is 5.60 Å². The molecule has 0 spiro atoms. The molecule has 5 heteroatoms. The van der Waals surface area contributed by atoms with Crippen molar-refractivity contribution in [3.63, 3.8) is 0 Å². The molecule has 108 valence electrons. The summed E-state index contributed by atoms with van der Waals surface area (Å²) in [5, 5.41) is 0. The van der Waals surface area contributed by atoms with Crippen LogP contribution in [-0.2, 0) is 14.3 Å². The summed E-state index contributed by atoms with van der Waals surface area (Å²) in [4.78, 5) is 24.9. The van der Waals surface area contributed by atoms with Gasteiger partial charge in [0.1, 0.15) is 5.60 Å². The number of amides is 1. The molecule has 1 aliphatic heterocycles. The van der Waals surface area contributed by atoms with E-state index in [9.17, 15) is 9.59 Å². The Hall–Kier alpha value is -1.52. The second-order valence-corrected chi connectivity index (χ2v) is 5.83. The number of rotatable bonds is 1. The molecule has 1 aliphatic rings. The predicted octanol–water partition coefficient (Wildman–Crippen LogP) is 2.36. The van der Waals surface area contributed by atoms with Crippen LogP contribution >= 0.6 is 0 Å². The van der Waals surface area contributed by atoms with E-state index in [0.29, 0.717) is 13.1 Å². The molecule has 0 aromatic carbocycles. The van der Waals surface area contributed by atoms with Crippen molar-refractivity contribution in [3.8, 4) is 0 Å². The molecule has 0 saturated carbocycles. The average molecular weight is 269 g/mol. The number of hydrogen-bond acceptors (Lipinski definition) is 4. The first-order valence-electron chi connectivity index (χ1n) is 6.49. The minimum Gasteiger partial charge on any atom is -0.466 e. The largest absolute Gasteiger partial charge is 0.466 e. The van der Waals surface area contributed by atoms with Gasteiger partial charge < -0.3 is 14.4 Å². The molecule has 1 rings (SSSR count). The summed E-state index contributed by atoms with van der Waals surface area (Å²) in [7, 11) is 1.35. The first-order chi connectivity index (χ1) is 8.73. The highest BCUT2D eigenvalue weighted by atomic mass is 16.6. The summed E-state index contributed by atoms with van der Waals surface area (Å²) >= 11 is 0. The maximum atomic E-state index is 12.0. The summed E-state index contributed by atoms with van der Waals surface area (Å²) < 4.78 is 9.96. The Labute approximate surface area is 114 Å². The van der Waals surface area contributed by atoms with E-state index in [1.165, 1.54) is 13.2 Å². The molecule has 0 aliphatic carbocycles. The van der Waals surface area contributed by atoms with Crippen LogP contribution in [0, 0.1) is 5.92 Å². The van der Waals surface area contributed by atoms with E-state index in [0.717, 1.165) is 12.0 Å². The minimum absolute atomic E-state index is 0.276. The third-order valence-corrected chi connectivity index (χ3v) is 2.99. The van der Waals surface area contributed by atoms with Crippen molar-refractivity contribution in [3.05, 3.63) is 11.6 Å². The topological polar surface area (TPSA) is 55.8 Å². The van der Waals surface area contributed by atoms with Crippen LogP contribution in [0.5, 0.6) is 0 Å². The number of esters is 1. The number of ether oxygens (including phenoxy) is 2. The average Bonchev–Trinajstić information content (AvgIpc) is 2.29. The Bertz CT molecular complexity index is 381. The Morgan fingerprint density at radius 2 is 2.00 bits per heavy atom. The predicted molar refractivity (Wildman–Crippen MR) is 71.7 cm³/mol. The van der Waals surface area contributed by atoms with Gasteiger partial charge in [0.25, 0.3) is 0 Å². The van der Waals surface area contributed by atoms with Crippen LogP contribution in [0.3, 0.4) is 0 Å². The smallest absolute Gasteiger partial charge is 0.410 e. The summed E-state index contributed by atoms with van der Waals surface area (Å²) in [6.07, 6.45) is 1.96. The van der Waals surface area contributed by atoms with Crippen LogP contribution in [0.25, 0.3) is 0 Å². The molecule has 1 saturated heterocycles. The summed E-state index contributed by atoms with van der Waals surface area (Å²) in [5.74, 6) is -0.106. The van der Waals surface area contributed by atoms with Gasteiger partial charge in [0.05, 0.1) is 7.11 Å². The highest BCUT2D eigenvalue weighted by Crippen LogP contribution is 2.24.